The van der Waals surface area contributed by atoms with Crippen LogP contribution < -0.4 is 0 Å². The highest BCUT2D eigenvalue weighted by Crippen LogP contribution is 2.31. The first kappa shape index (κ1) is 13.3. The monoisotopic (exact) mass is 282 g/mol. The number of aliphatic hydroxyl groups is 1. The predicted octanol–water partition coefficient (Wildman–Crippen LogP) is 4.53. The van der Waals surface area contributed by atoms with Crippen LogP contribution in [0.15, 0.2) is 53.9 Å². The third-order valence-corrected chi connectivity index (χ3v) is 4.89. The lowest BCUT2D eigenvalue weighted by Gasteiger charge is -2.16. The van der Waals surface area contributed by atoms with Gasteiger partial charge in [-0.3, -0.25) is 0 Å². The number of rotatable bonds is 4. The zero-order chi connectivity index (χ0) is 13.9. The van der Waals surface area contributed by atoms with Crippen LogP contribution in [0.2, 0.25) is 0 Å². The van der Waals surface area contributed by atoms with Crippen LogP contribution in [0.3, 0.4) is 0 Å². The Morgan fingerprint density at radius 3 is 2.60 bits per heavy atom. The normalized spacial score (nSPS) is 12.7. The molecule has 102 valence electrons. The van der Waals surface area contributed by atoms with Crippen LogP contribution in [0.25, 0.3) is 10.1 Å². The number of benzene rings is 2. The van der Waals surface area contributed by atoms with Crippen molar-refractivity contribution in [3.8, 4) is 0 Å². The average molecular weight is 282 g/mol. The second kappa shape index (κ2) is 5.78. The maximum Gasteiger partial charge on any atom is 0.0503 e. The lowest BCUT2D eigenvalue weighted by molar-refractivity contribution is 0.264. The highest BCUT2D eigenvalue weighted by atomic mass is 32.1. The van der Waals surface area contributed by atoms with Crippen molar-refractivity contribution in [1.82, 2.24) is 0 Å². The van der Waals surface area contributed by atoms with Crippen molar-refractivity contribution < 1.29 is 5.11 Å². The lowest BCUT2D eigenvalue weighted by atomic mass is 9.90. The quantitative estimate of drug-likeness (QED) is 0.745. The minimum Gasteiger partial charge on any atom is -0.396 e. The Bertz CT molecular complexity index is 714. The topological polar surface area (TPSA) is 20.2 Å². The first-order chi connectivity index (χ1) is 9.79. The van der Waals surface area contributed by atoms with Gasteiger partial charge >= 0.3 is 0 Å². The zero-order valence-corrected chi connectivity index (χ0v) is 12.4. The molecule has 3 aromatic rings. The third kappa shape index (κ3) is 2.49. The van der Waals surface area contributed by atoms with E-state index in [-0.39, 0.29) is 12.5 Å². The number of aryl methyl sites for hydroxylation is 1. The molecule has 2 heteroatoms. The molecule has 3 rings (SSSR count). The summed E-state index contributed by atoms with van der Waals surface area (Å²) in [5.41, 5.74) is 3.85. The van der Waals surface area contributed by atoms with E-state index in [2.05, 4.69) is 54.8 Å². The number of fused-ring (bicyclic) bond motifs is 1. The molecule has 0 aliphatic heterocycles. The number of hydrogen-bond acceptors (Lipinski definition) is 2. The van der Waals surface area contributed by atoms with Crippen LogP contribution in [0.4, 0.5) is 0 Å². The molecule has 1 nitrogen and oxygen atoms in total. The molecule has 0 radical (unpaired) electrons. The molecule has 1 N–H and O–H groups in total. The summed E-state index contributed by atoms with van der Waals surface area (Å²) in [5, 5.41) is 13.3. The lowest BCUT2D eigenvalue weighted by Crippen LogP contribution is -2.09. The maximum atomic E-state index is 9.78. The van der Waals surface area contributed by atoms with E-state index in [0.29, 0.717) is 0 Å². The molecule has 1 aromatic heterocycles. The molecule has 0 bridgehead atoms. The Labute approximate surface area is 123 Å². The highest BCUT2D eigenvalue weighted by Gasteiger charge is 2.15. The van der Waals surface area contributed by atoms with Crippen LogP contribution in [-0.4, -0.2) is 11.7 Å². The summed E-state index contributed by atoms with van der Waals surface area (Å²) < 4.78 is 1.32. The molecule has 1 unspecified atom stereocenters. The van der Waals surface area contributed by atoms with Gasteiger partial charge in [0.05, 0.1) is 6.61 Å². The summed E-state index contributed by atoms with van der Waals surface area (Å²) in [6, 6.07) is 16.8. The minimum atomic E-state index is 0.175. The SMILES string of the molecule is Cc1ccccc1C(CO)Cc1csc2ccccc12. The third-order valence-electron chi connectivity index (χ3n) is 3.88. The van der Waals surface area contributed by atoms with E-state index in [0.717, 1.165) is 6.42 Å². The van der Waals surface area contributed by atoms with Gasteiger partial charge in [0.2, 0.25) is 0 Å². The first-order valence-corrected chi connectivity index (χ1v) is 7.79. The largest absolute Gasteiger partial charge is 0.396 e. The molecular formula is C18H18OS. The molecule has 20 heavy (non-hydrogen) atoms. The van der Waals surface area contributed by atoms with Gasteiger partial charge in [0.1, 0.15) is 0 Å². The molecule has 0 saturated heterocycles. The number of thiophene rings is 1. The van der Waals surface area contributed by atoms with Crippen molar-refractivity contribution >= 4 is 21.4 Å². The molecule has 1 heterocycles. The van der Waals surface area contributed by atoms with Crippen molar-refractivity contribution in [2.24, 2.45) is 0 Å². The van der Waals surface area contributed by atoms with Gasteiger partial charge in [-0.25, -0.2) is 0 Å². The maximum absolute atomic E-state index is 9.78. The van der Waals surface area contributed by atoms with Crippen LogP contribution in [0.5, 0.6) is 0 Å². The Balaban J connectivity index is 1.94. The Morgan fingerprint density at radius 1 is 1.05 bits per heavy atom. The molecule has 1 atom stereocenters. The standard InChI is InChI=1S/C18H18OS/c1-13-6-2-3-7-16(13)14(11-19)10-15-12-20-18-9-5-4-8-17(15)18/h2-9,12,14,19H,10-11H2,1H3. The van der Waals surface area contributed by atoms with Gasteiger partial charge in [0.15, 0.2) is 0 Å². The highest BCUT2D eigenvalue weighted by molar-refractivity contribution is 7.17. The van der Waals surface area contributed by atoms with Gasteiger partial charge in [0.25, 0.3) is 0 Å². The summed E-state index contributed by atoms with van der Waals surface area (Å²) in [6.07, 6.45) is 0.894. The molecule has 2 aromatic carbocycles. The van der Waals surface area contributed by atoms with Crippen molar-refractivity contribution in [1.29, 1.82) is 0 Å². The van der Waals surface area contributed by atoms with Gasteiger partial charge in [-0.05, 0) is 46.9 Å². The summed E-state index contributed by atoms with van der Waals surface area (Å²) in [7, 11) is 0. The van der Waals surface area contributed by atoms with Gasteiger partial charge in [0, 0.05) is 10.6 Å². The van der Waals surface area contributed by atoms with Crippen LogP contribution in [0, 0.1) is 6.92 Å². The van der Waals surface area contributed by atoms with Gasteiger partial charge in [-0.15, -0.1) is 11.3 Å². The van der Waals surface area contributed by atoms with E-state index < -0.39 is 0 Å². The summed E-state index contributed by atoms with van der Waals surface area (Å²) in [4.78, 5) is 0. The molecular weight excluding hydrogens is 264 g/mol. The van der Waals surface area contributed by atoms with E-state index >= 15 is 0 Å². The van der Waals surface area contributed by atoms with E-state index in [1.807, 2.05) is 6.07 Å². The van der Waals surface area contributed by atoms with Crippen LogP contribution in [0.1, 0.15) is 22.6 Å². The van der Waals surface area contributed by atoms with Gasteiger partial charge in [-0.2, -0.15) is 0 Å². The first-order valence-electron chi connectivity index (χ1n) is 6.91. The Morgan fingerprint density at radius 2 is 1.80 bits per heavy atom. The predicted molar refractivity (Wildman–Crippen MR) is 86.5 cm³/mol. The van der Waals surface area contributed by atoms with Gasteiger partial charge in [-0.1, -0.05) is 42.5 Å². The minimum absolute atomic E-state index is 0.175. The second-order valence-corrected chi connectivity index (χ2v) is 6.11. The number of hydrogen-bond donors (Lipinski definition) is 1. The van der Waals surface area contributed by atoms with Gasteiger partial charge < -0.3 is 5.11 Å². The van der Waals surface area contributed by atoms with Crippen LogP contribution >= 0.6 is 11.3 Å². The van der Waals surface area contributed by atoms with Crippen LogP contribution in [-0.2, 0) is 6.42 Å². The Kier molecular flexibility index (Phi) is 3.86. The molecule has 0 amide bonds. The Hall–Kier alpha value is -1.64. The van der Waals surface area contributed by atoms with Crippen molar-refractivity contribution in [3.63, 3.8) is 0 Å². The summed E-state index contributed by atoms with van der Waals surface area (Å²) in [5.74, 6) is 0.175. The summed E-state index contributed by atoms with van der Waals surface area (Å²) in [6.45, 7) is 2.30. The molecule has 0 spiro atoms. The van der Waals surface area contributed by atoms with E-state index in [1.165, 1.54) is 26.8 Å². The van der Waals surface area contributed by atoms with E-state index in [9.17, 15) is 5.11 Å². The number of aliphatic hydroxyl groups excluding tert-OH is 1. The fourth-order valence-electron chi connectivity index (χ4n) is 2.77. The van der Waals surface area contributed by atoms with Crippen molar-refractivity contribution in [3.05, 3.63) is 70.6 Å². The smallest absolute Gasteiger partial charge is 0.0503 e. The molecule has 0 aliphatic carbocycles. The molecule has 0 fully saturated rings. The molecule has 0 aliphatic rings. The van der Waals surface area contributed by atoms with E-state index in [1.54, 1.807) is 11.3 Å². The van der Waals surface area contributed by atoms with Crippen molar-refractivity contribution in [2.45, 2.75) is 19.3 Å². The fraction of sp³-hybridized carbons (Fsp3) is 0.222. The zero-order valence-electron chi connectivity index (χ0n) is 11.5. The fourth-order valence-corrected chi connectivity index (χ4v) is 3.75. The summed E-state index contributed by atoms with van der Waals surface area (Å²) >= 11 is 1.78. The average Bonchev–Trinajstić information content (AvgIpc) is 2.89. The molecule has 0 saturated carbocycles. The van der Waals surface area contributed by atoms with Crippen molar-refractivity contribution in [2.75, 3.05) is 6.61 Å². The second-order valence-electron chi connectivity index (χ2n) is 5.20. The van der Waals surface area contributed by atoms with E-state index in [4.69, 9.17) is 0 Å².